The van der Waals surface area contributed by atoms with E-state index in [1.807, 2.05) is 18.2 Å². The number of hydrogen-bond acceptors (Lipinski definition) is 6. The molecule has 0 amide bonds. The molecular formula is C21H30N6. The Morgan fingerprint density at radius 2 is 1.33 bits per heavy atom. The zero-order valence-corrected chi connectivity index (χ0v) is 17.1. The highest BCUT2D eigenvalue weighted by molar-refractivity contribution is 5.03. The lowest BCUT2D eigenvalue weighted by atomic mass is 10.1. The first kappa shape index (κ1) is 22.3. The first-order valence-corrected chi connectivity index (χ1v) is 9.21. The van der Waals surface area contributed by atoms with Crippen molar-refractivity contribution < 1.29 is 0 Å². The molecule has 0 spiro atoms. The van der Waals surface area contributed by atoms with Gasteiger partial charge < -0.3 is 0 Å². The van der Waals surface area contributed by atoms with Crippen molar-refractivity contribution in [3.8, 4) is 0 Å². The van der Waals surface area contributed by atoms with Crippen LogP contribution in [0.25, 0.3) is 0 Å². The van der Waals surface area contributed by atoms with E-state index in [0.29, 0.717) is 17.8 Å². The second-order valence-electron chi connectivity index (χ2n) is 6.88. The maximum Gasteiger partial charge on any atom is 0.115 e. The Hall–Kier alpha value is -2.76. The van der Waals surface area contributed by atoms with Crippen LogP contribution in [0.5, 0.6) is 0 Å². The van der Waals surface area contributed by atoms with Gasteiger partial charge in [0.15, 0.2) is 0 Å². The topological polar surface area (TPSA) is 77.3 Å². The third kappa shape index (κ3) is 9.49. The summed E-state index contributed by atoms with van der Waals surface area (Å²) in [6.07, 6.45) is 10.2. The first-order chi connectivity index (χ1) is 12.9. The maximum atomic E-state index is 4.12. The predicted octanol–water partition coefficient (Wildman–Crippen LogP) is 4.80. The molecule has 0 bridgehead atoms. The van der Waals surface area contributed by atoms with Gasteiger partial charge in [0, 0.05) is 36.7 Å². The minimum Gasteiger partial charge on any atom is -0.261 e. The fraction of sp³-hybridized carbons (Fsp3) is 0.429. The Balaban J connectivity index is 0.000000202. The van der Waals surface area contributed by atoms with Gasteiger partial charge in [-0.2, -0.15) is 10.2 Å². The van der Waals surface area contributed by atoms with Crippen molar-refractivity contribution in [3.05, 3.63) is 72.6 Å². The minimum absolute atomic E-state index is 0.485. The summed E-state index contributed by atoms with van der Waals surface area (Å²) in [5, 5.41) is 7.68. The molecule has 3 aromatic rings. The van der Waals surface area contributed by atoms with Crippen molar-refractivity contribution in [2.24, 2.45) is 0 Å². The molecule has 0 radical (unpaired) electrons. The van der Waals surface area contributed by atoms with Crippen molar-refractivity contribution >= 4 is 0 Å². The van der Waals surface area contributed by atoms with Gasteiger partial charge in [-0.15, -0.1) is 0 Å². The maximum absolute atomic E-state index is 4.12. The van der Waals surface area contributed by atoms with Gasteiger partial charge in [0.1, 0.15) is 6.33 Å². The van der Waals surface area contributed by atoms with Gasteiger partial charge in [0.05, 0.1) is 11.4 Å². The molecule has 27 heavy (non-hydrogen) atoms. The first-order valence-electron chi connectivity index (χ1n) is 9.21. The molecule has 144 valence electrons. The Morgan fingerprint density at radius 1 is 0.630 bits per heavy atom. The molecule has 0 aromatic carbocycles. The molecule has 0 N–H and O–H groups in total. The van der Waals surface area contributed by atoms with Crippen LogP contribution < -0.4 is 0 Å². The number of rotatable bonds is 3. The highest BCUT2D eigenvalue weighted by Crippen LogP contribution is 2.08. The SMILES string of the molecule is CC(C)c1cccnn1.CC(C)c1ccncn1.CC(C)c1cnccn1. The van der Waals surface area contributed by atoms with Crippen LogP contribution in [0.1, 0.15) is 76.4 Å². The van der Waals surface area contributed by atoms with Gasteiger partial charge in [-0.25, -0.2) is 9.97 Å². The van der Waals surface area contributed by atoms with E-state index in [0.717, 1.165) is 17.1 Å². The van der Waals surface area contributed by atoms with E-state index in [9.17, 15) is 0 Å². The molecule has 6 heteroatoms. The Bertz CT molecular complexity index is 612. The fourth-order valence-corrected chi connectivity index (χ4v) is 1.87. The second kappa shape index (κ2) is 12.6. The Morgan fingerprint density at radius 3 is 1.67 bits per heavy atom. The number of aromatic nitrogens is 6. The van der Waals surface area contributed by atoms with E-state index in [1.165, 1.54) is 0 Å². The molecule has 0 aliphatic carbocycles. The summed E-state index contributed by atoms with van der Waals surface area (Å²) in [5.41, 5.74) is 3.21. The summed E-state index contributed by atoms with van der Waals surface area (Å²) in [6.45, 7) is 12.6. The van der Waals surface area contributed by atoms with Gasteiger partial charge >= 0.3 is 0 Å². The molecule has 3 rings (SSSR count). The number of nitrogens with zero attached hydrogens (tertiary/aromatic N) is 6. The molecule has 6 nitrogen and oxygen atoms in total. The fourth-order valence-electron chi connectivity index (χ4n) is 1.87. The molecule has 0 atom stereocenters. The second-order valence-corrected chi connectivity index (χ2v) is 6.88. The molecule has 0 saturated heterocycles. The predicted molar refractivity (Wildman–Crippen MR) is 108 cm³/mol. The molecule has 3 heterocycles. The molecule has 0 aliphatic rings. The van der Waals surface area contributed by atoms with E-state index in [4.69, 9.17) is 0 Å². The third-order valence-electron chi connectivity index (χ3n) is 3.56. The van der Waals surface area contributed by atoms with Crippen molar-refractivity contribution in [2.75, 3.05) is 0 Å². The minimum atomic E-state index is 0.485. The normalized spacial score (nSPS) is 10.1. The molecular weight excluding hydrogens is 336 g/mol. The molecule has 0 aliphatic heterocycles. The molecule has 0 unspecified atom stereocenters. The highest BCUT2D eigenvalue weighted by atomic mass is 15.1. The van der Waals surface area contributed by atoms with Gasteiger partial charge in [-0.05, 0) is 36.0 Å². The Kier molecular flexibility index (Phi) is 10.4. The van der Waals surface area contributed by atoms with Crippen molar-refractivity contribution in [3.63, 3.8) is 0 Å². The van der Waals surface area contributed by atoms with E-state index in [2.05, 4.69) is 71.7 Å². The van der Waals surface area contributed by atoms with E-state index >= 15 is 0 Å². The quantitative estimate of drug-likeness (QED) is 0.662. The summed E-state index contributed by atoms with van der Waals surface area (Å²) in [4.78, 5) is 15.9. The van der Waals surface area contributed by atoms with Gasteiger partial charge in [0.2, 0.25) is 0 Å². The lowest BCUT2D eigenvalue weighted by Crippen LogP contribution is -1.92. The Labute approximate surface area is 162 Å². The standard InChI is InChI=1S/3C7H10N2/c1-6(2)7-5-8-3-4-9-7;1-6(2)7-3-4-8-5-9-7;1-6(2)7-4-3-5-8-9-7/h3*3-6H,1-2H3. The van der Waals surface area contributed by atoms with Crippen LogP contribution in [-0.2, 0) is 0 Å². The smallest absolute Gasteiger partial charge is 0.115 e. The largest absolute Gasteiger partial charge is 0.261 e. The highest BCUT2D eigenvalue weighted by Gasteiger charge is 1.97. The van der Waals surface area contributed by atoms with E-state index < -0.39 is 0 Å². The van der Waals surface area contributed by atoms with Crippen molar-refractivity contribution in [2.45, 2.75) is 59.3 Å². The average molecular weight is 367 g/mol. The summed E-state index contributed by atoms with van der Waals surface area (Å²) >= 11 is 0. The monoisotopic (exact) mass is 366 g/mol. The van der Waals surface area contributed by atoms with E-state index in [1.54, 1.807) is 37.3 Å². The van der Waals surface area contributed by atoms with Crippen molar-refractivity contribution in [1.82, 2.24) is 30.1 Å². The third-order valence-corrected chi connectivity index (χ3v) is 3.56. The molecule has 0 fully saturated rings. The van der Waals surface area contributed by atoms with Gasteiger partial charge in [-0.1, -0.05) is 41.5 Å². The average Bonchev–Trinajstić information content (AvgIpc) is 2.71. The van der Waals surface area contributed by atoms with Crippen LogP contribution >= 0.6 is 0 Å². The zero-order chi connectivity index (χ0) is 20.1. The lowest BCUT2D eigenvalue weighted by molar-refractivity contribution is 0.785. The zero-order valence-electron chi connectivity index (χ0n) is 17.1. The van der Waals surface area contributed by atoms with Gasteiger partial charge in [0.25, 0.3) is 0 Å². The summed E-state index contributed by atoms with van der Waals surface area (Å²) in [7, 11) is 0. The lowest BCUT2D eigenvalue weighted by Gasteiger charge is -1.99. The van der Waals surface area contributed by atoms with Crippen LogP contribution in [0.4, 0.5) is 0 Å². The van der Waals surface area contributed by atoms with Crippen LogP contribution in [0, 0.1) is 0 Å². The van der Waals surface area contributed by atoms with E-state index in [-0.39, 0.29) is 0 Å². The molecule has 3 aromatic heterocycles. The summed E-state index contributed by atoms with van der Waals surface area (Å²) in [5.74, 6) is 1.48. The van der Waals surface area contributed by atoms with Crippen molar-refractivity contribution in [1.29, 1.82) is 0 Å². The summed E-state index contributed by atoms with van der Waals surface area (Å²) < 4.78 is 0. The van der Waals surface area contributed by atoms with Crippen LogP contribution in [0.3, 0.4) is 0 Å². The molecule has 0 saturated carbocycles. The number of hydrogen-bond donors (Lipinski definition) is 0. The van der Waals surface area contributed by atoms with Crippen LogP contribution in [-0.4, -0.2) is 30.1 Å². The van der Waals surface area contributed by atoms with Gasteiger partial charge in [-0.3, -0.25) is 9.97 Å². The van der Waals surface area contributed by atoms with Crippen LogP contribution in [0.15, 0.2) is 55.5 Å². The summed E-state index contributed by atoms with van der Waals surface area (Å²) in [6, 6.07) is 5.82. The van der Waals surface area contributed by atoms with Crippen LogP contribution in [0.2, 0.25) is 0 Å².